The highest BCUT2D eigenvalue weighted by Gasteiger charge is 2.17. The number of aromatic nitrogens is 2. The van der Waals surface area contributed by atoms with Gasteiger partial charge in [-0.25, -0.2) is 8.78 Å². The van der Waals surface area contributed by atoms with E-state index >= 15 is 0 Å². The topological polar surface area (TPSA) is 58.1 Å². The Morgan fingerprint density at radius 3 is 2.23 bits per heavy atom. The molecular formula is C23H22F2N4O. The van der Waals surface area contributed by atoms with Crippen LogP contribution in [0.1, 0.15) is 36.0 Å². The van der Waals surface area contributed by atoms with E-state index in [1.807, 2.05) is 18.2 Å². The van der Waals surface area contributed by atoms with Crippen molar-refractivity contribution in [1.29, 1.82) is 0 Å². The molecule has 1 aliphatic rings. The zero-order valence-corrected chi connectivity index (χ0v) is 16.4. The Bertz CT molecular complexity index is 1010. The van der Waals surface area contributed by atoms with Crippen LogP contribution in [0.25, 0.3) is 11.3 Å². The van der Waals surface area contributed by atoms with Crippen molar-refractivity contribution in [3.8, 4) is 11.3 Å². The molecule has 0 saturated carbocycles. The molecule has 1 amide bonds. The monoisotopic (exact) mass is 408 g/mol. The fourth-order valence-corrected chi connectivity index (χ4v) is 3.61. The Labute approximate surface area is 173 Å². The summed E-state index contributed by atoms with van der Waals surface area (Å²) in [6.45, 7) is 1.98. The first-order valence-corrected chi connectivity index (χ1v) is 10.1. The first-order chi connectivity index (χ1) is 14.6. The number of halogens is 2. The minimum absolute atomic E-state index is 0.415. The van der Waals surface area contributed by atoms with Gasteiger partial charge >= 0.3 is 0 Å². The summed E-state index contributed by atoms with van der Waals surface area (Å²) in [5.74, 6) is -1.79. The predicted octanol–water partition coefficient (Wildman–Crippen LogP) is 5.05. The summed E-state index contributed by atoms with van der Waals surface area (Å²) in [7, 11) is 0. The number of amides is 1. The fourth-order valence-electron chi connectivity index (χ4n) is 3.61. The van der Waals surface area contributed by atoms with Crippen LogP contribution in [-0.4, -0.2) is 29.2 Å². The normalized spacial score (nSPS) is 14.3. The van der Waals surface area contributed by atoms with Gasteiger partial charge in [-0.05, 0) is 49.2 Å². The van der Waals surface area contributed by atoms with E-state index in [9.17, 15) is 13.6 Å². The van der Waals surface area contributed by atoms with Crippen LogP contribution in [0.5, 0.6) is 0 Å². The Balaban J connectivity index is 1.51. The molecule has 0 radical (unpaired) electrons. The number of anilines is 2. The number of hydrogen-bond donors (Lipinski definition) is 1. The summed E-state index contributed by atoms with van der Waals surface area (Å²) in [6, 6.07) is 14.1. The maximum atomic E-state index is 13.8. The summed E-state index contributed by atoms with van der Waals surface area (Å²) in [6.07, 6.45) is 4.82. The molecule has 1 saturated heterocycles. The second-order valence-corrected chi connectivity index (χ2v) is 7.31. The summed E-state index contributed by atoms with van der Waals surface area (Å²) < 4.78 is 27.7. The van der Waals surface area contributed by atoms with Crippen molar-refractivity contribution >= 4 is 17.4 Å². The van der Waals surface area contributed by atoms with Gasteiger partial charge in [-0.3, -0.25) is 4.79 Å². The van der Waals surface area contributed by atoms with Crippen molar-refractivity contribution in [3.63, 3.8) is 0 Å². The molecule has 1 fully saturated rings. The third kappa shape index (κ3) is 4.45. The van der Waals surface area contributed by atoms with E-state index in [1.54, 1.807) is 18.2 Å². The van der Waals surface area contributed by atoms with Crippen LogP contribution >= 0.6 is 0 Å². The van der Waals surface area contributed by atoms with Gasteiger partial charge in [0.2, 0.25) is 0 Å². The van der Waals surface area contributed by atoms with Crippen LogP contribution in [-0.2, 0) is 0 Å². The number of nitrogens with zero attached hydrogens (tertiary/aromatic N) is 3. The number of nitrogens with one attached hydrogen (secondary N) is 1. The lowest BCUT2D eigenvalue weighted by atomic mass is 10.1. The Morgan fingerprint density at radius 1 is 0.867 bits per heavy atom. The van der Waals surface area contributed by atoms with Gasteiger partial charge in [-0.1, -0.05) is 31.0 Å². The van der Waals surface area contributed by atoms with E-state index in [1.165, 1.54) is 18.9 Å². The standard InChI is InChI=1S/C23H22F2N4O/c24-18-9-6-10-19(25)22(18)23(30)26-17-8-5-7-16(15-17)20-11-12-21(28-27-20)29-13-3-1-2-4-14-29/h5-12,15H,1-4,13-14H2,(H,26,30). The molecule has 2 heterocycles. The summed E-state index contributed by atoms with van der Waals surface area (Å²) in [4.78, 5) is 14.6. The van der Waals surface area contributed by atoms with Crippen LogP contribution in [0, 0.1) is 11.6 Å². The van der Waals surface area contributed by atoms with Gasteiger partial charge in [0.15, 0.2) is 5.82 Å². The van der Waals surface area contributed by atoms with E-state index in [4.69, 9.17) is 0 Å². The molecule has 7 heteroatoms. The van der Waals surface area contributed by atoms with E-state index in [2.05, 4.69) is 20.4 Å². The maximum absolute atomic E-state index is 13.8. The van der Waals surface area contributed by atoms with Crippen LogP contribution in [0.15, 0.2) is 54.6 Å². The first-order valence-electron chi connectivity index (χ1n) is 10.1. The number of carbonyl (C=O) groups is 1. The van der Waals surface area contributed by atoms with Crippen molar-refractivity contribution in [2.24, 2.45) is 0 Å². The molecule has 0 spiro atoms. The molecule has 1 aliphatic heterocycles. The molecule has 0 atom stereocenters. The van der Waals surface area contributed by atoms with Gasteiger partial charge in [-0.15, -0.1) is 10.2 Å². The highest BCUT2D eigenvalue weighted by Crippen LogP contribution is 2.24. The van der Waals surface area contributed by atoms with Gasteiger partial charge in [0.25, 0.3) is 5.91 Å². The Hall–Kier alpha value is -3.35. The molecule has 5 nitrogen and oxygen atoms in total. The summed E-state index contributed by atoms with van der Waals surface area (Å²) >= 11 is 0. The third-order valence-corrected chi connectivity index (χ3v) is 5.19. The minimum atomic E-state index is -0.904. The van der Waals surface area contributed by atoms with Gasteiger partial charge < -0.3 is 10.2 Å². The zero-order chi connectivity index (χ0) is 20.9. The number of rotatable bonds is 4. The molecule has 4 rings (SSSR count). The molecule has 2 aromatic carbocycles. The summed E-state index contributed by atoms with van der Waals surface area (Å²) in [5.41, 5.74) is 1.21. The Morgan fingerprint density at radius 2 is 1.57 bits per heavy atom. The average molecular weight is 408 g/mol. The quantitative estimate of drug-likeness (QED) is 0.656. The van der Waals surface area contributed by atoms with Crippen LogP contribution < -0.4 is 10.2 Å². The second-order valence-electron chi connectivity index (χ2n) is 7.31. The van der Waals surface area contributed by atoms with Crippen molar-refractivity contribution in [2.75, 3.05) is 23.3 Å². The van der Waals surface area contributed by atoms with Gasteiger partial charge in [0.05, 0.1) is 5.69 Å². The van der Waals surface area contributed by atoms with Crippen molar-refractivity contribution < 1.29 is 13.6 Å². The molecule has 30 heavy (non-hydrogen) atoms. The fraction of sp³-hybridized carbons (Fsp3) is 0.261. The van der Waals surface area contributed by atoms with Crippen molar-refractivity contribution in [1.82, 2.24) is 10.2 Å². The predicted molar refractivity (Wildman–Crippen MR) is 112 cm³/mol. The molecule has 0 aliphatic carbocycles. The van der Waals surface area contributed by atoms with Crippen LogP contribution in [0.4, 0.5) is 20.3 Å². The lowest BCUT2D eigenvalue weighted by Gasteiger charge is -2.20. The maximum Gasteiger partial charge on any atom is 0.261 e. The van der Waals surface area contributed by atoms with Crippen molar-refractivity contribution in [2.45, 2.75) is 25.7 Å². The largest absolute Gasteiger partial charge is 0.355 e. The van der Waals surface area contributed by atoms with Gasteiger partial charge in [0, 0.05) is 24.3 Å². The summed E-state index contributed by atoms with van der Waals surface area (Å²) in [5, 5.41) is 11.3. The minimum Gasteiger partial charge on any atom is -0.355 e. The molecule has 154 valence electrons. The third-order valence-electron chi connectivity index (χ3n) is 5.19. The molecule has 1 N–H and O–H groups in total. The average Bonchev–Trinajstić information content (AvgIpc) is 3.04. The van der Waals surface area contributed by atoms with Crippen LogP contribution in [0.3, 0.4) is 0 Å². The van der Waals surface area contributed by atoms with E-state index in [0.717, 1.165) is 49.4 Å². The zero-order valence-electron chi connectivity index (χ0n) is 16.4. The van der Waals surface area contributed by atoms with E-state index in [0.29, 0.717) is 11.4 Å². The number of benzene rings is 2. The molecule has 1 aromatic heterocycles. The highest BCUT2D eigenvalue weighted by molar-refractivity contribution is 6.04. The number of carbonyl (C=O) groups excluding carboxylic acids is 1. The second kappa shape index (κ2) is 8.98. The SMILES string of the molecule is O=C(Nc1cccc(-c2ccc(N3CCCCCC3)nn2)c1)c1c(F)cccc1F. The van der Waals surface area contributed by atoms with Gasteiger partial charge in [0.1, 0.15) is 17.2 Å². The molecule has 0 unspecified atom stereocenters. The van der Waals surface area contributed by atoms with E-state index < -0.39 is 23.1 Å². The Kier molecular flexibility index (Phi) is 5.97. The highest BCUT2D eigenvalue weighted by atomic mass is 19.1. The number of hydrogen-bond acceptors (Lipinski definition) is 4. The van der Waals surface area contributed by atoms with Crippen molar-refractivity contribution in [3.05, 3.63) is 71.8 Å². The smallest absolute Gasteiger partial charge is 0.261 e. The lowest BCUT2D eigenvalue weighted by Crippen LogP contribution is -2.25. The van der Waals surface area contributed by atoms with Gasteiger partial charge in [-0.2, -0.15) is 0 Å². The first kappa shape index (κ1) is 19.9. The lowest BCUT2D eigenvalue weighted by molar-refractivity contribution is 0.101. The van der Waals surface area contributed by atoms with Crippen LogP contribution in [0.2, 0.25) is 0 Å². The molecule has 0 bridgehead atoms. The van der Waals surface area contributed by atoms with E-state index in [-0.39, 0.29) is 0 Å². The molecular weight excluding hydrogens is 386 g/mol. The molecule has 3 aromatic rings.